The third-order valence-electron chi connectivity index (χ3n) is 3.60. The van der Waals surface area contributed by atoms with Crippen LogP contribution in [-0.2, 0) is 39.7 Å². The summed E-state index contributed by atoms with van der Waals surface area (Å²) in [7, 11) is -6.95. The van der Waals surface area contributed by atoms with E-state index in [1.165, 1.54) is 0 Å². The van der Waals surface area contributed by atoms with Gasteiger partial charge in [0.1, 0.15) is 0 Å². The highest BCUT2D eigenvalue weighted by Crippen LogP contribution is 2.23. The molecule has 0 aromatic heterocycles. The lowest BCUT2D eigenvalue weighted by molar-refractivity contribution is 0.0851. The molecule has 1 aromatic carbocycles. The molecule has 0 spiro atoms. The lowest BCUT2D eigenvalue weighted by Gasteiger charge is -2.32. The summed E-state index contributed by atoms with van der Waals surface area (Å²) >= 11 is 4.89. The first-order valence-corrected chi connectivity index (χ1v) is 12.5. The smallest absolute Gasteiger partial charge is 0.370 e. The summed E-state index contributed by atoms with van der Waals surface area (Å²) in [6.07, 6.45) is 1.62. The second-order valence-corrected chi connectivity index (χ2v) is 10.5. The van der Waals surface area contributed by atoms with E-state index in [4.69, 9.17) is 24.5 Å². The first-order valence-electron chi connectivity index (χ1n) is 8.29. The van der Waals surface area contributed by atoms with E-state index in [0.717, 1.165) is 24.0 Å². The molecule has 0 saturated carbocycles. The van der Waals surface area contributed by atoms with E-state index < -0.39 is 17.6 Å². The maximum absolute atomic E-state index is 12.4. The van der Waals surface area contributed by atoms with Crippen molar-refractivity contribution >= 4 is 34.0 Å². The average molecular weight is 393 g/mol. The zero-order valence-corrected chi connectivity index (χ0v) is 17.7. The Bertz CT molecular complexity index is 629. The summed E-state index contributed by atoms with van der Waals surface area (Å²) in [6.45, 7) is 10.8. The van der Waals surface area contributed by atoms with Crippen LogP contribution < -0.4 is 5.19 Å². The maximum Gasteiger partial charge on any atom is 0.538 e. The van der Waals surface area contributed by atoms with E-state index in [1.807, 2.05) is 33.8 Å². The van der Waals surface area contributed by atoms with E-state index in [2.05, 4.69) is 6.92 Å². The minimum Gasteiger partial charge on any atom is -0.370 e. The highest BCUT2D eigenvalue weighted by atomic mass is 32.8. The van der Waals surface area contributed by atoms with Crippen LogP contribution in [0.25, 0.3) is 0 Å². The Morgan fingerprint density at radius 3 is 1.96 bits per heavy atom. The first kappa shape index (κ1) is 21.7. The van der Waals surface area contributed by atoms with Gasteiger partial charge < -0.3 is 17.8 Å². The van der Waals surface area contributed by atoms with Gasteiger partial charge in [0.05, 0.1) is 4.90 Å². The predicted molar refractivity (Wildman–Crippen MR) is 102 cm³/mol. The molecule has 0 bridgehead atoms. The molecule has 138 valence electrons. The lowest BCUT2D eigenvalue weighted by atomic mass is 10.0. The highest BCUT2D eigenvalue weighted by molar-refractivity contribution is 8.29. The minimum atomic E-state index is -3.60. The fraction of sp³-hybridized carbons (Fsp3) is 0.625. The number of hydrogen-bond acceptors (Lipinski definition) is 5. The van der Waals surface area contributed by atoms with Crippen molar-refractivity contribution in [3.8, 4) is 0 Å². The summed E-state index contributed by atoms with van der Waals surface area (Å²) < 4.78 is 40.4. The highest BCUT2D eigenvalue weighted by Gasteiger charge is 2.48. The second kappa shape index (κ2) is 9.37. The molecule has 1 aromatic rings. The SMILES string of the molecule is CCCc1c(C)ccc(S(=O)(O)=S)c1[Si](OCC)(OCC)OCC. The largest absolute Gasteiger partial charge is 0.538 e. The fourth-order valence-electron chi connectivity index (χ4n) is 2.76. The monoisotopic (exact) mass is 392 g/mol. The van der Waals surface area contributed by atoms with Crippen LogP contribution in [0.4, 0.5) is 0 Å². The molecule has 1 unspecified atom stereocenters. The fourth-order valence-corrected chi connectivity index (χ4v) is 7.71. The van der Waals surface area contributed by atoms with Gasteiger partial charge in [-0.05, 0) is 51.3 Å². The van der Waals surface area contributed by atoms with Gasteiger partial charge in [-0.15, -0.1) is 0 Å². The van der Waals surface area contributed by atoms with Crippen molar-refractivity contribution in [1.29, 1.82) is 0 Å². The Labute approximate surface area is 151 Å². The molecule has 0 fully saturated rings. The van der Waals surface area contributed by atoms with Gasteiger partial charge in [0.25, 0.3) is 0 Å². The van der Waals surface area contributed by atoms with E-state index in [9.17, 15) is 8.76 Å². The van der Waals surface area contributed by atoms with Crippen LogP contribution in [-0.4, -0.2) is 37.4 Å². The maximum atomic E-state index is 12.4. The van der Waals surface area contributed by atoms with Crippen LogP contribution in [0, 0.1) is 6.92 Å². The second-order valence-electron chi connectivity index (χ2n) is 5.31. The number of hydrogen-bond donors (Lipinski definition) is 1. The zero-order valence-electron chi connectivity index (χ0n) is 15.1. The summed E-state index contributed by atoms with van der Waals surface area (Å²) in [5, 5.41) is 0.581. The van der Waals surface area contributed by atoms with Gasteiger partial charge in [-0.2, -0.15) is 0 Å². The quantitative estimate of drug-likeness (QED) is 0.618. The van der Waals surface area contributed by atoms with Crippen molar-refractivity contribution in [3.05, 3.63) is 23.3 Å². The van der Waals surface area contributed by atoms with Crippen LogP contribution in [0.15, 0.2) is 17.0 Å². The van der Waals surface area contributed by atoms with Crippen LogP contribution in [0.2, 0.25) is 0 Å². The third kappa shape index (κ3) is 4.84. The van der Waals surface area contributed by atoms with E-state index >= 15 is 0 Å². The summed E-state index contributed by atoms with van der Waals surface area (Å²) in [5.41, 5.74) is 1.97. The molecule has 1 N–H and O–H groups in total. The van der Waals surface area contributed by atoms with Crippen LogP contribution in [0.3, 0.4) is 0 Å². The molecule has 1 rings (SSSR count). The summed E-state index contributed by atoms with van der Waals surface area (Å²) in [4.78, 5) is 0.188. The third-order valence-corrected chi connectivity index (χ3v) is 8.40. The van der Waals surface area contributed by atoms with Gasteiger partial charge in [-0.25, -0.2) is 4.21 Å². The van der Waals surface area contributed by atoms with Gasteiger partial charge in [0.15, 0.2) is 8.77 Å². The molecule has 0 aliphatic rings. The molecule has 0 amide bonds. The normalized spacial score (nSPS) is 14.6. The van der Waals surface area contributed by atoms with Gasteiger partial charge >= 0.3 is 8.80 Å². The molecule has 24 heavy (non-hydrogen) atoms. The van der Waals surface area contributed by atoms with Crippen molar-refractivity contribution in [3.63, 3.8) is 0 Å². The molecular weight excluding hydrogens is 364 g/mol. The summed E-state index contributed by atoms with van der Waals surface area (Å²) in [6, 6.07) is 3.44. The Morgan fingerprint density at radius 1 is 1.08 bits per heavy atom. The van der Waals surface area contributed by atoms with Gasteiger partial charge in [-0.3, -0.25) is 0 Å². The Morgan fingerprint density at radius 2 is 1.58 bits per heavy atom. The van der Waals surface area contributed by atoms with Crippen molar-refractivity contribution in [2.45, 2.75) is 52.4 Å². The lowest BCUT2D eigenvalue weighted by Crippen LogP contribution is -2.59. The molecule has 8 heteroatoms. The molecule has 1 atom stereocenters. The standard InChI is InChI=1S/C16H28O5S2Si/c1-6-10-14-13(5)11-12-15(23(17,18)22)16(14)24(19-7-2,20-8-3)21-9-4/h11-12H,6-10H2,1-5H3,(H,17,18,22). The van der Waals surface area contributed by atoms with E-state index in [-0.39, 0.29) is 4.90 Å². The average Bonchev–Trinajstić information content (AvgIpc) is 2.48. The van der Waals surface area contributed by atoms with E-state index in [0.29, 0.717) is 25.0 Å². The van der Waals surface area contributed by atoms with Crippen LogP contribution in [0.5, 0.6) is 0 Å². The van der Waals surface area contributed by atoms with E-state index in [1.54, 1.807) is 6.07 Å². The van der Waals surface area contributed by atoms with Crippen LogP contribution >= 0.6 is 0 Å². The molecule has 0 heterocycles. The molecule has 5 nitrogen and oxygen atoms in total. The van der Waals surface area contributed by atoms with Crippen molar-refractivity contribution in [1.82, 2.24) is 0 Å². The Balaban J connectivity index is 3.85. The molecule has 0 aliphatic carbocycles. The van der Waals surface area contributed by atoms with Crippen molar-refractivity contribution < 1.29 is 22.0 Å². The zero-order chi connectivity index (χ0) is 18.4. The van der Waals surface area contributed by atoms with Gasteiger partial charge in [0, 0.05) is 36.2 Å². The Hall–Kier alpha value is -0.353. The molecule has 0 aliphatic heterocycles. The topological polar surface area (TPSA) is 65.0 Å². The van der Waals surface area contributed by atoms with Crippen molar-refractivity contribution in [2.24, 2.45) is 0 Å². The minimum absolute atomic E-state index is 0.188. The predicted octanol–water partition coefficient (Wildman–Crippen LogP) is 2.78. The molecule has 0 saturated heterocycles. The van der Waals surface area contributed by atoms with Gasteiger partial charge in [-0.1, -0.05) is 19.4 Å². The van der Waals surface area contributed by atoms with Crippen LogP contribution in [0.1, 0.15) is 45.2 Å². The van der Waals surface area contributed by atoms with Crippen molar-refractivity contribution in [2.75, 3.05) is 19.8 Å². The summed E-state index contributed by atoms with van der Waals surface area (Å²) in [5.74, 6) is 0. The first-order chi connectivity index (χ1) is 11.3. The van der Waals surface area contributed by atoms with Gasteiger partial charge in [0.2, 0.25) is 0 Å². The molecular formula is C16H28O5S2Si. The molecule has 0 radical (unpaired) electrons. The number of aryl methyl sites for hydroxylation is 1. The number of rotatable bonds is 10. The Kier molecular flexibility index (Phi) is 8.47. The number of benzene rings is 1.